The van der Waals surface area contributed by atoms with Crippen LogP contribution in [0.2, 0.25) is 10.0 Å². The molecule has 0 aliphatic rings. The number of benzene rings is 2. The van der Waals surface area contributed by atoms with Crippen LogP contribution in [0.1, 0.15) is 25.8 Å². The van der Waals surface area contributed by atoms with Gasteiger partial charge in [-0.05, 0) is 31.5 Å². The Hall–Kier alpha value is -2.89. The second-order valence-electron chi connectivity index (χ2n) is 7.74. The van der Waals surface area contributed by atoms with Crippen molar-refractivity contribution in [1.82, 2.24) is 10.2 Å². The zero-order valence-electron chi connectivity index (χ0n) is 19.4. The molecule has 2 aromatic rings. The van der Waals surface area contributed by atoms with E-state index in [2.05, 4.69) is 5.32 Å². The third-order valence-electron chi connectivity index (χ3n) is 5.11. The maximum absolute atomic E-state index is 13.5. The number of rotatable bonds is 11. The number of halogens is 2. The van der Waals surface area contributed by atoms with Crippen molar-refractivity contribution in [3.05, 3.63) is 68.2 Å². The van der Waals surface area contributed by atoms with E-state index >= 15 is 0 Å². The maximum Gasteiger partial charge on any atom is 0.271 e. The molecule has 2 amide bonds. The first-order valence-electron chi connectivity index (χ1n) is 10.6. The fourth-order valence-electron chi connectivity index (χ4n) is 3.21. The van der Waals surface area contributed by atoms with E-state index in [0.717, 1.165) is 16.6 Å². The SMILES string of the molecule is CCCNC(=O)[C@H](C)N(Cc1c(Cl)cccc1Cl)C(=O)CN(c1cccc([N+](=O)[O-])c1)S(C)(=O)=O. The van der Waals surface area contributed by atoms with Gasteiger partial charge in [0.2, 0.25) is 21.8 Å². The first-order valence-corrected chi connectivity index (χ1v) is 13.2. The Morgan fingerprint density at radius 1 is 1.14 bits per heavy atom. The lowest BCUT2D eigenvalue weighted by atomic mass is 10.1. The molecule has 2 rings (SSSR count). The molecule has 13 heteroatoms. The standard InChI is InChI=1S/C22H26Cl2N4O6S/c1-4-11-25-22(30)15(2)26(13-18-19(23)9-6-10-20(18)24)21(29)14-27(35(3,33)34)16-7-5-8-17(12-16)28(31)32/h5-10,12,15H,4,11,13-14H2,1-3H3,(H,25,30)/t15-/m0/s1. The van der Waals surface area contributed by atoms with Crippen molar-refractivity contribution in [2.24, 2.45) is 0 Å². The molecular weight excluding hydrogens is 519 g/mol. The predicted octanol–water partition coefficient (Wildman–Crippen LogP) is 3.61. The number of nitrogens with one attached hydrogen (secondary N) is 1. The zero-order chi connectivity index (χ0) is 26.3. The van der Waals surface area contributed by atoms with Crippen molar-refractivity contribution < 1.29 is 22.9 Å². The van der Waals surface area contributed by atoms with Gasteiger partial charge in [0.15, 0.2) is 0 Å². The number of carbonyl (C=O) groups excluding carboxylic acids is 2. The van der Waals surface area contributed by atoms with Crippen LogP contribution < -0.4 is 9.62 Å². The molecule has 0 aromatic heterocycles. The van der Waals surface area contributed by atoms with Gasteiger partial charge >= 0.3 is 0 Å². The summed E-state index contributed by atoms with van der Waals surface area (Å²) >= 11 is 12.5. The maximum atomic E-state index is 13.5. The van der Waals surface area contributed by atoms with Crippen LogP contribution in [0.5, 0.6) is 0 Å². The Kier molecular flexibility index (Phi) is 9.87. The molecule has 1 atom stereocenters. The smallest absolute Gasteiger partial charge is 0.271 e. The van der Waals surface area contributed by atoms with E-state index in [1.807, 2.05) is 6.92 Å². The van der Waals surface area contributed by atoms with Gasteiger partial charge < -0.3 is 10.2 Å². The molecule has 10 nitrogen and oxygen atoms in total. The number of hydrogen-bond donors (Lipinski definition) is 1. The van der Waals surface area contributed by atoms with E-state index in [1.165, 1.54) is 30.0 Å². The second kappa shape index (κ2) is 12.2. The van der Waals surface area contributed by atoms with Gasteiger partial charge in [-0.1, -0.05) is 42.3 Å². The van der Waals surface area contributed by atoms with Crippen LogP contribution in [0.3, 0.4) is 0 Å². The highest BCUT2D eigenvalue weighted by Crippen LogP contribution is 2.28. The average molecular weight is 545 g/mol. The highest BCUT2D eigenvalue weighted by atomic mass is 35.5. The summed E-state index contributed by atoms with van der Waals surface area (Å²) in [6.07, 6.45) is 1.56. The lowest BCUT2D eigenvalue weighted by Gasteiger charge is -2.31. The Morgan fingerprint density at radius 2 is 1.74 bits per heavy atom. The van der Waals surface area contributed by atoms with E-state index in [0.29, 0.717) is 18.5 Å². The van der Waals surface area contributed by atoms with Crippen LogP contribution in [0.15, 0.2) is 42.5 Å². The fraction of sp³-hybridized carbons (Fsp3) is 0.364. The quantitative estimate of drug-likeness (QED) is 0.339. The van der Waals surface area contributed by atoms with Gasteiger partial charge in [-0.3, -0.25) is 24.0 Å². The van der Waals surface area contributed by atoms with Crippen molar-refractivity contribution in [2.75, 3.05) is 23.7 Å². The zero-order valence-corrected chi connectivity index (χ0v) is 21.7. The Morgan fingerprint density at radius 3 is 2.29 bits per heavy atom. The van der Waals surface area contributed by atoms with Crippen molar-refractivity contribution >= 4 is 56.4 Å². The first-order chi connectivity index (χ1) is 16.4. The lowest BCUT2D eigenvalue weighted by molar-refractivity contribution is -0.384. The molecule has 2 aromatic carbocycles. The molecule has 0 fully saturated rings. The van der Waals surface area contributed by atoms with Crippen molar-refractivity contribution in [1.29, 1.82) is 0 Å². The minimum atomic E-state index is -4.03. The van der Waals surface area contributed by atoms with Crippen LogP contribution in [-0.2, 0) is 26.2 Å². The number of carbonyl (C=O) groups is 2. The van der Waals surface area contributed by atoms with Gasteiger partial charge in [0.25, 0.3) is 5.69 Å². The molecular formula is C22H26Cl2N4O6S. The number of nitrogens with zero attached hydrogens (tertiary/aromatic N) is 3. The molecule has 35 heavy (non-hydrogen) atoms. The fourth-order valence-corrected chi connectivity index (χ4v) is 4.57. The van der Waals surface area contributed by atoms with Crippen LogP contribution in [-0.4, -0.2) is 55.4 Å². The van der Waals surface area contributed by atoms with E-state index < -0.39 is 39.3 Å². The predicted molar refractivity (Wildman–Crippen MR) is 135 cm³/mol. The molecule has 0 unspecified atom stereocenters. The van der Waals surface area contributed by atoms with Crippen molar-refractivity contribution in [2.45, 2.75) is 32.9 Å². The molecule has 0 radical (unpaired) electrons. The van der Waals surface area contributed by atoms with Crippen LogP contribution in [0, 0.1) is 10.1 Å². The van der Waals surface area contributed by atoms with Gasteiger partial charge in [-0.25, -0.2) is 8.42 Å². The van der Waals surface area contributed by atoms with Crippen LogP contribution in [0.25, 0.3) is 0 Å². The van der Waals surface area contributed by atoms with E-state index in [4.69, 9.17) is 23.2 Å². The molecule has 0 heterocycles. The van der Waals surface area contributed by atoms with Gasteiger partial charge in [-0.15, -0.1) is 0 Å². The topological polar surface area (TPSA) is 130 Å². The summed E-state index contributed by atoms with van der Waals surface area (Å²) in [7, 11) is -4.03. The molecule has 190 valence electrons. The highest BCUT2D eigenvalue weighted by molar-refractivity contribution is 7.92. The summed E-state index contributed by atoms with van der Waals surface area (Å²) in [5.41, 5.74) is -0.00920. The van der Waals surface area contributed by atoms with E-state index in [9.17, 15) is 28.1 Å². The van der Waals surface area contributed by atoms with Crippen molar-refractivity contribution in [3.63, 3.8) is 0 Å². The van der Waals surface area contributed by atoms with E-state index in [-0.39, 0.29) is 28.0 Å². The third kappa shape index (κ3) is 7.55. The normalized spacial score (nSPS) is 12.0. The summed E-state index contributed by atoms with van der Waals surface area (Å²) in [6, 6.07) is 8.72. The summed E-state index contributed by atoms with van der Waals surface area (Å²) in [6.45, 7) is 2.91. The molecule has 0 saturated carbocycles. The number of nitro groups is 1. The van der Waals surface area contributed by atoms with E-state index in [1.54, 1.807) is 18.2 Å². The Labute approximate surface area is 214 Å². The molecule has 0 saturated heterocycles. The average Bonchev–Trinajstić information content (AvgIpc) is 2.79. The molecule has 0 spiro atoms. The number of amides is 2. The number of sulfonamides is 1. The van der Waals surface area contributed by atoms with Gasteiger partial charge in [0.05, 0.1) is 16.9 Å². The molecule has 0 aliphatic carbocycles. The largest absolute Gasteiger partial charge is 0.354 e. The summed E-state index contributed by atoms with van der Waals surface area (Å²) < 4.78 is 25.8. The minimum absolute atomic E-state index is 0.0612. The van der Waals surface area contributed by atoms with Gasteiger partial charge in [-0.2, -0.15) is 0 Å². The summed E-state index contributed by atoms with van der Waals surface area (Å²) in [4.78, 5) is 37.8. The Balaban J connectivity index is 2.47. The van der Waals surface area contributed by atoms with Gasteiger partial charge in [0, 0.05) is 40.8 Å². The van der Waals surface area contributed by atoms with Crippen LogP contribution >= 0.6 is 23.2 Å². The summed E-state index contributed by atoms with van der Waals surface area (Å²) in [5.74, 6) is -1.17. The monoisotopic (exact) mass is 544 g/mol. The lowest BCUT2D eigenvalue weighted by Crippen LogP contribution is -2.51. The Bertz CT molecular complexity index is 1190. The molecule has 0 aliphatic heterocycles. The summed E-state index contributed by atoms with van der Waals surface area (Å²) in [5, 5.41) is 14.4. The number of nitro benzene ring substituents is 1. The number of hydrogen-bond acceptors (Lipinski definition) is 6. The third-order valence-corrected chi connectivity index (χ3v) is 6.96. The number of anilines is 1. The first kappa shape index (κ1) is 28.3. The highest BCUT2D eigenvalue weighted by Gasteiger charge is 2.31. The van der Waals surface area contributed by atoms with Gasteiger partial charge in [0.1, 0.15) is 12.6 Å². The second-order valence-corrected chi connectivity index (χ2v) is 10.5. The van der Waals surface area contributed by atoms with Crippen LogP contribution in [0.4, 0.5) is 11.4 Å². The minimum Gasteiger partial charge on any atom is -0.354 e. The molecule has 1 N–H and O–H groups in total. The number of non-ortho nitro benzene ring substituents is 1. The van der Waals surface area contributed by atoms with Crippen molar-refractivity contribution in [3.8, 4) is 0 Å². The molecule has 0 bridgehead atoms.